The summed E-state index contributed by atoms with van der Waals surface area (Å²) in [6.45, 7) is 3.21. The molecule has 1 saturated heterocycles. The van der Waals surface area contributed by atoms with E-state index in [9.17, 15) is 13.2 Å². The van der Waals surface area contributed by atoms with Gasteiger partial charge in [0.25, 0.3) is 0 Å². The molecule has 0 aliphatic carbocycles. The van der Waals surface area contributed by atoms with Crippen LogP contribution in [0.1, 0.15) is 49.8 Å². The molecule has 2 N–H and O–H groups in total. The van der Waals surface area contributed by atoms with Gasteiger partial charge in [0, 0.05) is 24.7 Å². The summed E-state index contributed by atoms with van der Waals surface area (Å²) >= 11 is 5.94. The first-order valence-corrected chi connectivity index (χ1v) is 12.1. The quantitative estimate of drug-likeness (QED) is 0.654. The minimum Gasteiger partial charge on any atom is -0.334 e. The van der Waals surface area contributed by atoms with Gasteiger partial charge >= 0.3 is 6.03 Å². The zero-order chi connectivity index (χ0) is 21.6. The van der Waals surface area contributed by atoms with E-state index in [0.717, 1.165) is 31.2 Å². The summed E-state index contributed by atoms with van der Waals surface area (Å²) in [6, 6.07) is 13.7. The Morgan fingerprint density at radius 2 is 1.73 bits per heavy atom. The van der Waals surface area contributed by atoms with Crippen LogP contribution in [-0.4, -0.2) is 31.8 Å². The Bertz CT molecular complexity index is 958. The van der Waals surface area contributed by atoms with Crippen LogP contribution in [0.4, 0.5) is 4.79 Å². The van der Waals surface area contributed by atoms with E-state index < -0.39 is 10.0 Å². The maximum atomic E-state index is 13.1. The lowest BCUT2D eigenvalue weighted by Crippen LogP contribution is -2.38. The molecule has 2 amide bonds. The zero-order valence-corrected chi connectivity index (χ0v) is 18.7. The monoisotopic (exact) mass is 449 g/mol. The maximum Gasteiger partial charge on any atom is 0.315 e. The number of benzene rings is 2. The van der Waals surface area contributed by atoms with E-state index in [4.69, 9.17) is 11.6 Å². The lowest BCUT2D eigenvalue weighted by molar-refractivity contribution is 0.236. The summed E-state index contributed by atoms with van der Waals surface area (Å²) in [7, 11) is -3.57. The number of nitrogens with one attached hydrogen (secondary N) is 2. The lowest BCUT2D eigenvalue weighted by atomic mass is 10.1. The Kier molecular flexibility index (Phi) is 7.75. The van der Waals surface area contributed by atoms with Gasteiger partial charge in [-0.25, -0.2) is 13.2 Å². The van der Waals surface area contributed by atoms with Crippen molar-refractivity contribution in [3.05, 3.63) is 64.7 Å². The third-order valence-corrected chi connectivity index (χ3v) is 7.58. The third-order valence-electron chi connectivity index (χ3n) is 5.33. The van der Waals surface area contributed by atoms with Gasteiger partial charge in [-0.15, -0.1) is 0 Å². The van der Waals surface area contributed by atoms with E-state index in [0.29, 0.717) is 23.7 Å². The molecule has 0 unspecified atom stereocenters. The molecule has 30 heavy (non-hydrogen) atoms. The summed E-state index contributed by atoms with van der Waals surface area (Å²) in [4.78, 5) is 12.7. The Labute approximate surface area is 183 Å². The number of carbonyl (C=O) groups is 1. The molecule has 1 fully saturated rings. The molecule has 2 aromatic carbocycles. The highest BCUT2D eigenvalue weighted by Gasteiger charge is 2.28. The van der Waals surface area contributed by atoms with Crippen molar-refractivity contribution in [2.24, 2.45) is 0 Å². The largest absolute Gasteiger partial charge is 0.334 e. The summed E-state index contributed by atoms with van der Waals surface area (Å²) in [6.07, 6.45) is 3.53. The van der Waals surface area contributed by atoms with Gasteiger partial charge in [0.05, 0.1) is 10.9 Å². The molecule has 0 bridgehead atoms. The first-order valence-electron chi connectivity index (χ1n) is 10.3. The fraction of sp³-hybridized carbons (Fsp3) is 0.409. The van der Waals surface area contributed by atoms with Crippen LogP contribution in [0.2, 0.25) is 5.02 Å². The van der Waals surface area contributed by atoms with Gasteiger partial charge in [-0.1, -0.05) is 55.3 Å². The standard InChI is InChI=1S/C22H28ClN3O3S/c1-2-20(17-10-12-19(23)13-11-17)25-22(27)24-16-18-8-4-5-9-21(18)30(28,29)26-14-6-3-7-15-26/h4-5,8-13,20H,2-3,6-7,14-16H2,1H3,(H2,24,25,27)/t20-/m1/s1. The minimum atomic E-state index is -3.57. The van der Waals surface area contributed by atoms with Crippen molar-refractivity contribution in [1.29, 1.82) is 0 Å². The van der Waals surface area contributed by atoms with Crippen LogP contribution in [0.3, 0.4) is 0 Å². The number of nitrogens with zero attached hydrogens (tertiary/aromatic N) is 1. The average Bonchev–Trinajstić information content (AvgIpc) is 2.77. The van der Waals surface area contributed by atoms with Crippen molar-refractivity contribution < 1.29 is 13.2 Å². The molecule has 1 atom stereocenters. The molecule has 162 valence electrons. The van der Waals surface area contributed by atoms with Crippen molar-refractivity contribution in [1.82, 2.24) is 14.9 Å². The molecule has 0 aromatic heterocycles. The maximum absolute atomic E-state index is 13.1. The number of hydrogen-bond acceptors (Lipinski definition) is 3. The lowest BCUT2D eigenvalue weighted by Gasteiger charge is -2.27. The van der Waals surface area contributed by atoms with Crippen LogP contribution >= 0.6 is 11.6 Å². The number of rotatable bonds is 7. The van der Waals surface area contributed by atoms with Crippen LogP contribution < -0.4 is 10.6 Å². The SMILES string of the molecule is CC[C@@H](NC(=O)NCc1ccccc1S(=O)(=O)N1CCCCC1)c1ccc(Cl)cc1. The molecule has 1 aliphatic heterocycles. The van der Waals surface area contributed by atoms with Gasteiger partial charge in [0.15, 0.2) is 0 Å². The van der Waals surface area contributed by atoms with Gasteiger partial charge in [-0.3, -0.25) is 0 Å². The van der Waals surface area contributed by atoms with E-state index in [1.54, 1.807) is 40.7 Å². The molecule has 0 radical (unpaired) electrons. The number of amides is 2. The van der Waals surface area contributed by atoms with Gasteiger partial charge in [0.1, 0.15) is 0 Å². The Hall–Kier alpha value is -2.09. The van der Waals surface area contributed by atoms with Crippen LogP contribution in [-0.2, 0) is 16.6 Å². The highest BCUT2D eigenvalue weighted by atomic mass is 35.5. The van der Waals surface area contributed by atoms with E-state index in [1.165, 1.54) is 0 Å². The number of sulfonamides is 1. The second kappa shape index (κ2) is 10.3. The van der Waals surface area contributed by atoms with E-state index >= 15 is 0 Å². The number of halogens is 1. The second-order valence-corrected chi connectivity index (χ2v) is 9.75. The summed E-state index contributed by atoms with van der Waals surface area (Å²) < 4.78 is 27.7. The topological polar surface area (TPSA) is 78.5 Å². The molecular weight excluding hydrogens is 422 g/mol. The fourth-order valence-electron chi connectivity index (χ4n) is 3.65. The predicted molar refractivity (Wildman–Crippen MR) is 119 cm³/mol. The molecular formula is C22H28ClN3O3S. The molecule has 3 rings (SSSR count). The summed E-state index contributed by atoms with van der Waals surface area (Å²) in [5.41, 5.74) is 1.54. The molecule has 0 saturated carbocycles. The van der Waals surface area contributed by atoms with Crippen LogP contribution in [0, 0.1) is 0 Å². The minimum absolute atomic E-state index is 0.131. The van der Waals surface area contributed by atoms with Gasteiger partial charge in [-0.2, -0.15) is 4.31 Å². The van der Waals surface area contributed by atoms with Crippen LogP contribution in [0.25, 0.3) is 0 Å². The van der Waals surface area contributed by atoms with Crippen molar-refractivity contribution in [2.75, 3.05) is 13.1 Å². The first-order chi connectivity index (χ1) is 14.4. The molecule has 0 spiro atoms. The van der Waals surface area contributed by atoms with Crippen molar-refractivity contribution in [3.8, 4) is 0 Å². The smallest absolute Gasteiger partial charge is 0.315 e. The normalized spacial score (nSPS) is 16.1. The highest BCUT2D eigenvalue weighted by molar-refractivity contribution is 7.89. The Balaban J connectivity index is 1.67. The van der Waals surface area contributed by atoms with Crippen molar-refractivity contribution in [2.45, 2.75) is 50.1 Å². The van der Waals surface area contributed by atoms with Gasteiger partial charge in [0.2, 0.25) is 10.0 Å². The third kappa shape index (κ3) is 5.53. The summed E-state index contributed by atoms with van der Waals surface area (Å²) in [5, 5.41) is 6.39. The van der Waals surface area contributed by atoms with Crippen LogP contribution in [0.5, 0.6) is 0 Å². The molecule has 8 heteroatoms. The Morgan fingerprint density at radius 1 is 1.07 bits per heavy atom. The average molecular weight is 450 g/mol. The molecule has 6 nitrogen and oxygen atoms in total. The molecule has 2 aromatic rings. The van der Waals surface area contributed by atoms with E-state index in [2.05, 4.69) is 10.6 Å². The fourth-order valence-corrected chi connectivity index (χ4v) is 5.51. The van der Waals surface area contributed by atoms with E-state index in [-0.39, 0.29) is 23.5 Å². The number of hydrogen-bond donors (Lipinski definition) is 2. The number of carbonyl (C=O) groups excluding carboxylic acids is 1. The van der Waals surface area contributed by atoms with Crippen molar-refractivity contribution in [3.63, 3.8) is 0 Å². The van der Waals surface area contributed by atoms with E-state index in [1.807, 2.05) is 19.1 Å². The predicted octanol–water partition coefficient (Wildman–Crippen LogP) is 4.47. The molecule has 1 heterocycles. The highest BCUT2D eigenvalue weighted by Crippen LogP contribution is 2.24. The summed E-state index contributed by atoms with van der Waals surface area (Å²) in [5.74, 6) is 0. The van der Waals surface area contributed by atoms with Crippen LogP contribution in [0.15, 0.2) is 53.4 Å². The Morgan fingerprint density at radius 3 is 2.40 bits per heavy atom. The second-order valence-electron chi connectivity index (χ2n) is 7.41. The van der Waals surface area contributed by atoms with Gasteiger partial charge in [-0.05, 0) is 48.6 Å². The van der Waals surface area contributed by atoms with Gasteiger partial charge < -0.3 is 10.6 Å². The van der Waals surface area contributed by atoms with Crippen molar-refractivity contribution >= 4 is 27.7 Å². The molecule has 1 aliphatic rings. The number of piperidine rings is 1. The number of urea groups is 1. The zero-order valence-electron chi connectivity index (χ0n) is 17.1. The first kappa shape index (κ1) is 22.6.